The fourth-order valence-corrected chi connectivity index (χ4v) is 6.48. The van der Waals surface area contributed by atoms with E-state index in [1.807, 2.05) is 20.8 Å². The molecule has 1 saturated carbocycles. The number of piperidine rings is 1. The molecular formula is C32H40Cl2F3N7O2. The molecule has 0 spiro atoms. The second-order valence-corrected chi connectivity index (χ2v) is 14.0. The van der Waals surface area contributed by atoms with Gasteiger partial charge in [-0.15, -0.1) is 0 Å². The molecule has 2 aliphatic rings. The Labute approximate surface area is 276 Å². The summed E-state index contributed by atoms with van der Waals surface area (Å²) in [5, 5.41) is 9.84. The lowest BCUT2D eigenvalue weighted by atomic mass is 9.95. The van der Waals surface area contributed by atoms with Gasteiger partial charge in [-0.2, -0.15) is 13.2 Å². The topological polar surface area (TPSA) is 104 Å². The van der Waals surface area contributed by atoms with E-state index in [9.17, 15) is 22.8 Å². The SMILES string of the molecule is Cn1c(Nc2c(Cl)ccc(CNC(=O)C(C)(C)C)c2Cl)nc2cc(C(=O)NC3CCCCC3)c(N3CCC(C(F)(F)F)CC3)nc21. The summed E-state index contributed by atoms with van der Waals surface area (Å²) in [6.45, 7) is 5.90. The molecule has 0 bridgehead atoms. The van der Waals surface area contributed by atoms with Crippen molar-refractivity contribution in [3.8, 4) is 0 Å². The van der Waals surface area contributed by atoms with Crippen LogP contribution in [0.4, 0.5) is 30.6 Å². The highest BCUT2D eigenvalue weighted by Crippen LogP contribution is 2.38. The van der Waals surface area contributed by atoms with Crippen LogP contribution in [-0.4, -0.2) is 51.7 Å². The van der Waals surface area contributed by atoms with E-state index in [0.717, 1.165) is 32.1 Å². The fraction of sp³-hybridized carbons (Fsp3) is 0.562. The second kappa shape index (κ2) is 13.5. The van der Waals surface area contributed by atoms with Crippen LogP contribution in [-0.2, 0) is 18.4 Å². The number of nitrogens with zero attached hydrogens (tertiary/aromatic N) is 4. The maximum Gasteiger partial charge on any atom is 0.391 e. The zero-order chi connectivity index (χ0) is 33.4. The molecule has 1 aromatic carbocycles. The molecule has 1 aliphatic carbocycles. The van der Waals surface area contributed by atoms with Crippen molar-refractivity contribution in [3.05, 3.63) is 39.4 Å². The maximum atomic E-state index is 13.7. The van der Waals surface area contributed by atoms with E-state index in [2.05, 4.69) is 16.0 Å². The van der Waals surface area contributed by atoms with Crippen molar-refractivity contribution in [1.82, 2.24) is 25.2 Å². The molecule has 46 heavy (non-hydrogen) atoms. The lowest BCUT2D eigenvalue weighted by Gasteiger charge is -2.34. The van der Waals surface area contributed by atoms with E-state index >= 15 is 0 Å². The highest BCUT2D eigenvalue weighted by molar-refractivity contribution is 6.39. The van der Waals surface area contributed by atoms with Gasteiger partial charge in [-0.1, -0.05) is 69.3 Å². The Morgan fingerprint density at radius 1 is 1.00 bits per heavy atom. The van der Waals surface area contributed by atoms with Gasteiger partial charge in [0.25, 0.3) is 5.91 Å². The number of hydrogen-bond donors (Lipinski definition) is 3. The molecule has 0 unspecified atom stereocenters. The molecule has 0 atom stereocenters. The zero-order valence-electron chi connectivity index (χ0n) is 26.5. The molecule has 2 amide bonds. The summed E-state index contributed by atoms with van der Waals surface area (Å²) in [5.74, 6) is -1.15. The van der Waals surface area contributed by atoms with Gasteiger partial charge in [0.2, 0.25) is 11.9 Å². The monoisotopic (exact) mass is 681 g/mol. The van der Waals surface area contributed by atoms with Crippen molar-refractivity contribution in [2.45, 2.75) is 84.5 Å². The number of carbonyl (C=O) groups excluding carboxylic acids is 2. The van der Waals surface area contributed by atoms with Gasteiger partial charge in [0.05, 0.1) is 27.2 Å². The van der Waals surface area contributed by atoms with Crippen LogP contribution in [0.3, 0.4) is 0 Å². The van der Waals surface area contributed by atoms with E-state index in [1.165, 1.54) is 0 Å². The number of anilines is 3. The number of aryl methyl sites for hydroxylation is 1. The first-order valence-corrected chi connectivity index (χ1v) is 16.4. The van der Waals surface area contributed by atoms with E-state index in [4.69, 9.17) is 33.2 Å². The Bertz CT molecular complexity index is 1610. The summed E-state index contributed by atoms with van der Waals surface area (Å²) in [6.07, 6.45) is 0.549. The van der Waals surface area contributed by atoms with Crippen molar-refractivity contribution in [2.75, 3.05) is 23.3 Å². The fourth-order valence-electron chi connectivity index (χ4n) is 5.95. The van der Waals surface area contributed by atoms with Gasteiger partial charge in [0.1, 0.15) is 11.3 Å². The average molecular weight is 683 g/mol. The van der Waals surface area contributed by atoms with Gasteiger partial charge < -0.3 is 20.9 Å². The van der Waals surface area contributed by atoms with Crippen molar-refractivity contribution in [2.24, 2.45) is 18.4 Å². The predicted molar refractivity (Wildman–Crippen MR) is 175 cm³/mol. The number of carbonyl (C=O) groups is 2. The number of alkyl halides is 3. The van der Waals surface area contributed by atoms with Crippen molar-refractivity contribution >= 4 is 63.6 Å². The first-order valence-electron chi connectivity index (χ1n) is 15.7. The molecule has 3 heterocycles. The van der Waals surface area contributed by atoms with E-state index < -0.39 is 17.5 Å². The number of fused-ring (bicyclic) bond motifs is 1. The normalized spacial score (nSPS) is 16.9. The molecule has 250 valence electrons. The van der Waals surface area contributed by atoms with Gasteiger partial charge in [0, 0.05) is 38.1 Å². The molecule has 3 N–H and O–H groups in total. The van der Waals surface area contributed by atoms with Crippen molar-refractivity contribution in [3.63, 3.8) is 0 Å². The molecule has 14 heteroatoms. The third-order valence-corrected chi connectivity index (χ3v) is 9.54. The quantitative estimate of drug-likeness (QED) is 0.238. The highest BCUT2D eigenvalue weighted by atomic mass is 35.5. The summed E-state index contributed by atoms with van der Waals surface area (Å²) in [7, 11) is 1.74. The largest absolute Gasteiger partial charge is 0.391 e. The third kappa shape index (κ3) is 7.48. The van der Waals surface area contributed by atoms with Crippen LogP contribution in [0.1, 0.15) is 81.6 Å². The average Bonchev–Trinajstić information content (AvgIpc) is 3.31. The predicted octanol–water partition coefficient (Wildman–Crippen LogP) is 7.52. The summed E-state index contributed by atoms with van der Waals surface area (Å²) in [6, 6.07) is 5.09. The Balaban J connectivity index is 1.47. The molecule has 1 saturated heterocycles. The van der Waals surface area contributed by atoms with Crippen LogP contribution in [0.15, 0.2) is 18.2 Å². The van der Waals surface area contributed by atoms with Crippen LogP contribution in [0.25, 0.3) is 11.2 Å². The van der Waals surface area contributed by atoms with Gasteiger partial charge >= 0.3 is 6.18 Å². The van der Waals surface area contributed by atoms with Crippen LogP contribution >= 0.6 is 23.2 Å². The lowest BCUT2D eigenvalue weighted by molar-refractivity contribution is -0.179. The third-order valence-electron chi connectivity index (χ3n) is 8.80. The number of pyridine rings is 1. The summed E-state index contributed by atoms with van der Waals surface area (Å²) < 4.78 is 42.0. The second-order valence-electron chi connectivity index (χ2n) is 13.3. The Morgan fingerprint density at radius 2 is 1.67 bits per heavy atom. The molecule has 3 aromatic rings. The summed E-state index contributed by atoms with van der Waals surface area (Å²) in [4.78, 5) is 37.4. The van der Waals surface area contributed by atoms with Crippen LogP contribution in [0, 0.1) is 11.3 Å². The minimum Gasteiger partial charge on any atom is -0.356 e. The number of benzene rings is 1. The van der Waals surface area contributed by atoms with Gasteiger partial charge in [-0.3, -0.25) is 14.2 Å². The number of halogens is 5. The van der Waals surface area contributed by atoms with Crippen LogP contribution < -0.4 is 20.9 Å². The minimum absolute atomic E-state index is 0.0338. The van der Waals surface area contributed by atoms with Gasteiger partial charge in [0.15, 0.2) is 5.65 Å². The summed E-state index contributed by atoms with van der Waals surface area (Å²) >= 11 is 13.3. The molecule has 0 radical (unpaired) electrons. The molecular weight excluding hydrogens is 642 g/mol. The Hall–Kier alpha value is -3.25. The van der Waals surface area contributed by atoms with E-state index in [0.29, 0.717) is 44.2 Å². The Morgan fingerprint density at radius 3 is 2.30 bits per heavy atom. The van der Waals surface area contributed by atoms with Crippen LogP contribution in [0.2, 0.25) is 10.0 Å². The highest BCUT2D eigenvalue weighted by Gasteiger charge is 2.41. The Kier molecular flexibility index (Phi) is 9.98. The summed E-state index contributed by atoms with van der Waals surface area (Å²) in [5.41, 5.74) is 1.60. The molecule has 2 aromatic heterocycles. The molecule has 9 nitrogen and oxygen atoms in total. The van der Waals surface area contributed by atoms with Gasteiger partial charge in [-0.05, 0) is 43.4 Å². The number of rotatable bonds is 7. The number of aromatic nitrogens is 3. The first kappa shape index (κ1) is 34.1. The lowest BCUT2D eigenvalue weighted by Crippen LogP contribution is -2.41. The van der Waals surface area contributed by atoms with Crippen LogP contribution in [0.5, 0.6) is 0 Å². The molecule has 1 aliphatic heterocycles. The molecule has 2 fully saturated rings. The number of imidazole rings is 1. The van der Waals surface area contributed by atoms with Gasteiger partial charge in [-0.25, -0.2) is 9.97 Å². The molecule has 5 rings (SSSR count). The maximum absolute atomic E-state index is 13.7. The van der Waals surface area contributed by atoms with E-state index in [-0.39, 0.29) is 55.9 Å². The van der Waals surface area contributed by atoms with E-state index in [1.54, 1.807) is 34.7 Å². The van der Waals surface area contributed by atoms with Crippen molar-refractivity contribution < 1.29 is 22.8 Å². The number of hydrogen-bond acceptors (Lipinski definition) is 6. The number of amides is 2. The smallest absolute Gasteiger partial charge is 0.356 e. The number of nitrogens with one attached hydrogen (secondary N) is 3. The first-order chi connectivity index (χ1) is 21.6. The minimum atomic E-state index is -4.26. The standard InChI is InChI=1S/C32H40Cl2F3N7O2/c1-31(2,3)29(46)38-17-18-10-11-22(33)25(24(18)34)41-30-40-23-16-21(28(45)39-20-8-6-5-7-9-20)26(42-27(23)43(30)4)44-14-12-19(13-15-44)32(35,36)37/h10-11,16,19-20H,5-9,12-15,17H2,1-4H3,(H,38,46)(H,39,45)(H,40,41). The zero-order valence-corrected chi connectivity index (χ0v) is 28.0. The van der Waals surface area contributed by atoms with Crippen molar-refractivity contribution in [1.29, 1.82) is 0 Å².